The van der Waals surface area contributed by atoms with Gasteiger partial charge in [0, 0.05) is 30.6 Å². The number of hydrogen-bond donors (Lipinski definition) is 1. The monoisotopic (exact) mass is 320 g/mol. The summed E-state index contributed by atoms with van der Waals surface area (Å²) in [6, 6.07) is 2.26. The Balaban J connectivity index is 1.56. The van der Waals surface area contributed by atoms with Gasteiger partial charge in [0.25, 0.3) is 0 Å². The summed E-state index contributed by atoms with van der Waals surface area (Å²) in [5.41, 5.74) is 0.984. The molecule has 0 radical (unpaired) electrons. The summed E-state index contributed by atoms with van der Waals surface area (Å²) in [4.78, 5) is 18.4. The minimum absolute atomic E-state index is 0.00982. The molecule has 0 aromatic carbocycles. The number of likely N-dealkylation sites (tertiary alicyclic amines) is 1. The van der Waals surface area contributed by atoms with E-state index in [1.807, 2.05) is 18.4 Å². The van der Waals surface area contributed by atoms with Gasteiger partial charge in [0.2, 0.25) is 5.91 Å². The van der Waals surface area contributed by atoms with E-state index in [1.54, 1.807) is 6.20 Å². The molecule has 0 unspecified atom stereocenters. The van der Waals surface area contributed by atoms with Crippen molar-refractivity contribution in [2.24, 2.45) is 0 Å². The quantitative estimate of drug-likeness (QED) is 0.917. The lowest BCUT2D eigenvalue weighted by Gasteiger charge is -2.34. The van der Waals surface area contributed by atoms with E-state index < -0.39 is 0 Å². The number of aryl methyl sites for hydroxylation is 1. The number of hydrogen-bond acceptors (Lipinski definition) is 6. The maximum absolute atomic E-state index is 12.0. The number of nitrogens with one attached hydrogen (secondary N) is 1. The molecule has 1 aliphatic heterocycles. The van der Waals surface area contributed by atoms with Gasteiger partial charge in [0.05, 0.1) is 6.04 Å². The van der Waals surface area contributed by atoms with Crippen molar-refractivity contribution in [3.63, 3.8) is 0 Å². The van der Waals surface area contributed by atoms with E-state index in [0.717, 1.165) is 31.0 Å². The predicted octanol–water partition coefficient (Wildman–Crippen LogP) is 3.00. The van der Waals surface area contributed by atoms with Gasteiger partial charge in [-0.3, -0.25) is 9.69 Å². The number of aromatic nitrogens is 2. The first kappa shape index (κ1) is 15.2. The van der Waals surface area contributed by atoms with Crippen LogP contribution >= 0.6 is 11.3 Å². The molecular weight excluding hydrogens is 300 g/mol. The van der Waals surface area contributed by atoms with E-state index in [-0.39, 0.29) is 11.9 Å². The number of nitrogens with zero attached hydrogens (tertiary/aromatic N) is 3. The average Bonchev–Trinajstić information content (AvgIpc) is 3.17. The first-order valence-corrected chi connectivity index (χ1v) is 8.47. The van der Waals surface area contributed by atoms with Crippen molar-refractivity contribution in [3.8, 4) is 0 Å². The zero-order valence-electron chi connectivity index (χ0n) is 12.6. The molecule has 3 heterocycles. The molecule has 1 amide bonds. The van der Waals surface area contributed by atoms with Crippen molar-refractivity contribution in [2.45, 2.75) is 38.6 Å². The van der Waals surface area contributed by atoms with Crippen LogP contribution in [0.4, 0.5) is 5.13 Å². The summed E-state index contributed by atoms with van der Waals surface area (Å²) in [5, 5.41) is 9.49. The van der Waals surface area contributed by atoms with E-state index in [0.29, 0.717) is 11.6 Å². The van der Waals surface area contributed by atoms with E-state index in [2.05, 4.69) is 20.4 Å². The Hall–Kier alpha value is -1.73. The lowest BCUT2D eigenvalue weighted by molar-refractivity contribution is -0.116. The molecule has 2 aromatic rings. The third-order valence-electron chi connectivity index (χ3n) is 3.91. The Bertz CT molecular complexity index is 611. The first-order chi connectivity index (χ1) is 10.7. The van der Waals surface area contributed by atoms with Crippen molar-refractivity contribution < 1.29 is 9.32 Å². The molecule has 22 heavy (non-hydrogen) atoms. The summed E-state index contributed by atoms with van der Waals surface area (Å²) in [6.07, 6.45) is 5.58. The molecule has 1 fully saturated rings. The Kier molecular flexibility index (Phi) is 4.84. The van der Waals surface area contributed by atoms with Gasteiger partial charge in [0.1, 0.15) is 11.5 Å². The SMILES string of the molecule is Cc1cc([C@H]2CCCCN2CCC(=O)Nc2nccs2)no1. The fraction of sp³-hybridized carbons (Fsp3) is 0.533. The fourth-order valence-electron chi connectivity index (χ4n) is 2.85. The standard InChI is InChI=1S/C15H20N4O2S/c1-11-10-12(18-21-11)13-4-2-3-7-19(13)8-5-14(20)17-15-16-6-9-22-15/h6,9-10,13H,2-5,7-8H2,1H3,(H,16,17,20)/t13-/m1/s1. The van der Waals surface area contributed by atoms with Gasteiger partial charge in [-0.2, -0.15) is 0 Å². The molecule has 0 spiro atoms. The van der Waals surface area contributed by atoms with Crippen molar-refractivity contribution in [3.05, 3.63) is 29.1 Å². The summed E-state index contributed by atoms with van der Waals surface area (Å²) < 4.78 is 5.20. The van der Waals surface area contributed by atoms with Crippen LogP contribution in [0.2, 0.25) is 0 Å². The van der Waals surface area contributed by atoms with Gasteiger partial charge in [-0.05, 0) is 26.3 Å². The topological polar surface area (TPSA) is 71.3 Å². The van der Waals surface area contributed by atoms with Crippen LogP contribution < -0.4 is 5.32 Å². The number of thiazole rings is 1. The van der Waals surface area contributed by atoms with Crippen LogP contribution in [0.5, 0.6) is 0 Å². The Labute approximate surface area is 133 Å². The number of anilines is 1. The first-order valence-electron chi connectivity index (χ1n) is 7.59. The second kappa shape index (κ2) is 7.02. The minimum atomic E-state index is 0.00982. The molecular formula is C15H20N4O2S. The molecule has 2 aromatic heterocycles. The summed E-state index contributed by atoms with van der Waals surface area (Å²) in [7, 11) is 0. The van der Waals surface area contributed by atoms with Crippen LogP contribution in [0.25, 0.3) is 0 Å². The largest absolute Gasteiger partial charge is 0.361 e. The van der Waals surface area contributed by atoms with E-state index in [9.17, 15) is 4.79 Å². The van der Waals surface area contributed by atoms with E-state index >= 15 is 0 Å². The molecule has 0 aliphatic carbocycles. The molecule has 1 atom stereocenters. The van der Waals surface area contributed by atoms with E-state index in [4.69, 9.17) is 4.52 Å². The molecule has 1 aliphatic rings. The van der Waals surface area contributed by atoms with E-state index in [1.165, 1.54) is 24.2 Å². The highest BCUT2D eigenvalue weighted by atomic mass is 32.1. The molecule has 0 bridgehead atoms. The highest BCUT2D eigenvalue weighted by Gasteiger charge is 2.26. The second-order valence-electron chi connectivity index (χ2n) is 5.55. The van der Waals surface area contributed by atoms with Gasteiger partial charge >= 0.3 is 0 Å². The summed E-state index contributed by atoms with van der Waals surface area (Å²) in [5.74, 6) is 0.845. The minimum Gasteiger partial charge on any atom is -0.361 e. The molecule has 7 heteroatoms. The number of carbonyl (C=O) groups excluding carboxylic acids is 1. The fourth-order valence-corrected chi connectivity index (χ4v) is 3.39. The third kappa shape index (κ3) is 3.72. The van der Waals surface area contributed by atoms with Gasteiger partial charge < -0.3 is 9.84 Å². The number of rotatable bonds is 5. The molecule has 1 saturated heterocycles. The lowest BCUT2D eigenvalue weighted by atomic mass is 9.99. The zero-order valence-corrected chi connectivity index (χ0v) is 13.4. The van der Waals surface area contributed by atoms with Gasteiger partial charge in [-0.25, -0.2) is 4.98 Å². The Morgan fingerprint density at radius 2 is 2.45 bits per heavy atom. The highest BCUT2D eigenvalue weighted by molar-refractivity contribution is 7.13. The summed E-state index contributed by atoms with van der Waals surface area (Å²) >= 11 is 1.43. The molecule has 3 rings (SSSR count). The maximum atomic E-state index is 12.0. The van der Waals surface area contributed by atoms with Crippen molar-refractivity contribution in [1.82, 2.24) is 15.0 Å². The number of piperidine rings is 1. The van der Waals surface area contributed by atoms with Gasteiger partial charge in [0.15, 0.2) is 5.13 Å². The van der Waals surface area contributed by atoms with Crippen LogP contribution in [0.15, 0.2) is 22.2 Å². The van der Waals surface area contributed by atoms with Crippen LogP contribution in [-0.2, 0) is 4.79 Å². The molecule has 1 N–H and O–H groups in total. The van der Waals surface area contributed by atoms with Gasteiger partial charge in [-0.15, -0.1) is 11.3 Å². The van der Waals surface area contributed by atoms with Crippen LogP contribution in [0.1, 0.15) is 43.2 Å². The second-order valence-corrected chi connectivity index (χ2v) is 6.44. The Morgan fingerprint density at radius 1 is 1.55 bits per heavy atom. The zero-order chi connectivity index (χ0) is 15.4. The smallest absolute Gasteiger partial charge is 0.227 e. The average molecular weight is 320 g/mol. The van der Waals surface area contributed by atoms with Crippen LogP contribution in [0.3, 0.4) is 0 Å². The lowest BCUT2D eigenvalue weighted by Crippen LogP contribution is -2.35. The van der Waals surface area contributed by atoms with Crippen LogP contribution in [-0.4, -0.2) is 34.0 Å². The van der Waals surface area contributed by atoms with Crippen molar-refractivity contribution >= 4 is 22.4 Å². The molecule has 0 saturated carbocycles. The van der Waals surface area contributed by atoms with Crippen molar-refractivity contribution in [1.29, 1.82) is 0 Å². The van der Waals surface area contributed by atoms with Crippen molar-refractivity contribution in [2.75, 3.05) is 18.4 Å². The number of amides is 1. The number of carbonyl (C=O) groups is 1. The Morgan fingerprint density at radius 3 is 3.18 bits per heavy atom. The predicted molar refractivity (Wildman–Crippen MR) is 84.8 cm³/mol. The third-order valence-corrected chi connectivity index (χ3v) is 4.59. The maximum Gasteiger partial charge on any atom is 0.227 e. The highest BCUT2D eigenvalue weighted by Crippen LogP contribution is 2.30. The van der Waals surface area contributed by atoms with Crippen LogP contribution in [0, 0.1) is 6.92 Å². The molecule has 118 valence electrons. The summed E-state index contributed by atoms with van der Waals surface area (Å²) in [6.45, 7) is 3.64. The normalized spacial score (nSPS) is 19.2. The molecule has 6 nitrogen and oxygen atoms in total. The van der Waals surface area contributed by atoms with Gasteiger partial charge in [-0.1, -0.05) is 11.6 Å².